The Hall–Kier alpha value is -1.56. The maximum atomic E-state index is 11.9. The van der Waals surface area contributed by atoms with Crippen LogP contribution in [0.2, 0.25) is 10.0 Å². The third kappa shape index (κ3) is 4.47. The normalized spacial score (nSPS) is 11.8. The van der Waals surface area contributed by atoms with E-state index in [2.05, 4.69) is 10.6 Å². The van der Waals surface area contributed by atoms with Crippen LogP contribution in [0.3, 0.4) is 0 Å². The Morgan fingerprint density at radius 1 is 1.27 bits per heavy atom. The van der Waals surface area contributed by atoms with Gasteiger partial charge in [-0.05, 0) is 36.1 Å². The van der Waals surface area contributed by atoms with Gasteiger partial charge in [0.1, 0.15) is 0 Å². The highest BCUT2D eigenvalue weighted by atomic mass is 35.5. The van der Waals surface area contributed by atoms with Crippen LogP contribution < -0.4 is 10.6 Å². The number of rotatable bonds is 5. The van der Waals surface area contributed by atoms with E-state index in [0.29, 0.717) is 15.6 Å². The summed E-state index contributed by atoms with van der Waals surface area (Å²) in [4.78, 5) is 23.6. The van der Waals surface area contributed by atoms with Gasteiger partial charge < -0.3 is 10.6 Å². The lowest BCUT2D eigenvalue weighted by atomic mass is 10.1. The summed E-state index contributed by atoms with van der Waals surface area (Å²) in [6.45, 7) is 1.72. The van der Waals surface area contributed by atoms with E-state index in [1.165, 1.54) is 11.3 Å². The summed E-state index contributed by atoms with van der Waals surface area (Å²) in [5.74, 6) is -0.560. The van der Waals surface area contributed by atoms with Crippen molar-refractivity contribution >= 4 is 46.4 Å². The first kappa shape index (κ1) is 16.8. The number of nitrogens with one attached hydrogen (secondary N) is 2. The van der Waals surface area contributed by atoms with E-state index in [1.54, 1.807) is 35.0 Å². The largest absolute Gasteiger partial charge is 0.348 e. The molecule has 1 heterocycles. The van der Waals surface area contributed by atoms with Crippen molar-refractivity contribution in [3.05, 3.63) is 56.2 Å². The van der Waals surface area contributed by atoms with Gasteiger partial charge in [-0.1, -0.05) is 29.3 Å². The van der Waals surface area contributed by atoms with Crippen LogP contribution >= 0.6 is 34.5 Å². The van der Waals surface area contributed by atoms with Crippen LogP contribution in [-0.4, -0.2) is 18.4 Å². The van der Waals surface area contributed by atoms with Gasteiger partial charge in [0.05, 0.1) is 12.6 Å². The summed E-state index contributed by atoms with van der Waals surface area (Å²) < 4.78 is 0. The zero-order valence-corrected chi connectivity index (χ0v) is 14.1. The predicted octanol–water partition coefficient (Wildman–Crippen LogP) is 3.66. The molecule has 7 heteroatoms. The minimum absolute atomic E-state index is 0.0930. The van der Waals surface area contributed by atoms with Gasteiger partial charge in [0.2, 0.25) is 5.91 Å². The summed E-state index contributed by atoms with van der Waals surface area (Å²) >= 11 is 13.4. The zero-order valence-electron chi connectivity index (χ0n) is 11.7. The molecule has 2 rings (SSSR count). The van der Waals surface area contributed by atoms with Crippen molar-refractivity contribution in [1.29, 1.82) is 0 Å². The first-order valence-electron chi connectivity index (χ1n) is 6.52. The molecule has 2 aromatic rings. The van der Waals surface area contributed by atoms with Gasteiger partial charge in [0, 0.05) is 21.0 Å². The van der Waals surface area contributed by atoms with E-state index in [1.807, 2.05) is 6.92 Å². The highest BCUT2D eigenvalue weighted by Gasteiger charge is 2.14. The number of amides is 2. The van der Waals surface area contributed by atoms with Gasteiger partial charge >= 0.3 is 0 Å². The minimum Gasteiger partial charge on any atom is -0.348 e. The molecule has 22 heavy (non-hydrogen) atoms. The van der Waals surface area contributed by atoms with Crippen LogP contribution in [-0.2, 0) is 4.79 Å². The molecule has 0 spiro atoms. The Labute approximate surface area is 142 Å². The lowest BCUT2D eigenvalue weighted by Gasteiger charge is -2.16. The number of thiophene rings is 1. The minimum atomic E-state index is -0.290. The molecule has 0 radical (unpaired) electrons. The van der Waals surface area contributed by atoms with Gasteiger partial charge in [-0.3, -0.25) is 9.59 Å². The molecular formula is C15H14Cl2N2O2S. The second kappa shape index (κ2) is 7.63. The number of carbonyl (C=O) groups is 2. The maximum Gasteiger partial charge on any atom is 0.252 e. The van der Waals surface area contributed by atoms with Gasteiger partial charge in [-0.25, -0.2) is 0 Å². The average molecular weight is 357 g/mol. The first-order chi connectivity index (χ1) is 10.5. The molecule has 0 aliphatic carbocycles. The molecule has 0 saturated heterocycles. The average Bonchev–Trinajstić information content (AvgIpc) is 2.98. The Morgan fingerprint density at radius 3 is 2.68 bits per heavy atom. The van der Waals surface area contributed by atoms with E-state index in [9.17, 15) is 9.59 Å². The molecule has 1 aromatic carbocycles. The fraction of sp³-hybridized carbons (Fsp3) is 0.200. The van der Waals surface area contributed by atoms with Crippen molar-refractivity contribution < 1.29 is 9.59 Å². The fourth-order valence-electron chi connectivity index (χ4n) is 1.88. The molecule has 4 nitrogen and oxygen atoms in total. The molecule has 0 aliphatic rings. The summed E-state index contributed by atoms with van der Waals surface area (Å²) in [5.41, 5.74) is 1.31. The van der Waals surface area contributed by atoms with Crippen LogP contribution in [0.1, 0.15) is 28.9 Å². The number of benzene rings is 1. The third-order valence-electron chi connectivity index (χ3n) is 3.00. The van der Waals surface area contributed by atoms with Crippen molar-refractivity contribution in [3.8, 4) is 0 Å². The maximum absolute atomic E-state index is 11.9. The van der Waals surface area contributed by atoms with Crippen molar-refractivity contribution in [1.82, 2.24) is 10.6 Å². The second-order valence-corrected chi connectivity index (χ2v) is 6.27. The van der Waals surface area contributed by atoms with Crippen molar-refractivity contribution in [3.63, 3.8) is 0 Å². The molecule has 1 atom stereocenters. The number of hydrogen-bond donors (Lipinski definition) is 2. The SMILES string of the molecule is CC(NC(=O)CNC(=O)c1ccsc1)c1ccc(Cl)cc1Cl. The Balaban J connectivity index is 1.87. The summed E-state index contributed by atoms with van der Waals surface area (Å²) in [6, 6.07) is 6.52. The summed E-state index contributed by atoms with van der Waals surface area (Å²) in [6.07, 6.45) is 0. The summed E-state index contributed by atoms with van der Waals surface area (Å²) in [7, 11) is 0. The van der Waals surface area contributed by atoms with Crippen LogP contribution in [0.25, 0.3) is 0 Å². The molecule has 0 aliphatic heterocycles. The Bertz CT molecular complexity index is 674. The zero-order chi connectivity index (χ0) is 16.1. The molecule has 1 aromatic heterocycles. The van der Waals surface area contributed by atoms with Crippen molar-refractivity contribution in [2.75, 3.05) is 6.54 Å². The monoisotopic (exact) mass is 356 g/mol. The second-order valence-electron chi connectivity index (χ2n) is 4.65. The van der Waals surface area contributed by atoms with Gasteiger partial charge in [0.15, 0.2) is 0 Å². The van der Waals surface area contributed by atoms with Crippen LogP contribution in [0, 0.1) is 0 Å². The molecule has 0 fully saturated rings. The molecule has 2 N–H and O–H groups in total. The Morgan fingerprint density at radius 2 is 2.05 bits per heavy atom. The molecular weight excluding hydrogens is 343 g/mol. The first-order valence-corrected chi connectivity index (χ1v) is 8.22. The number of hydrogen-bond acceptors (Lipinski definition) is 3. The molecule has 116 valence electrons. The smallest absolute Gasteiger partial charge is 0.252 e. The Kier molecular flexibility index (Phi) is 5.83. The highest BCUT2D eigenvalue weighted by Crippen LogP contribution is 2.25. The molecule has 2 amide bonds. The number of halogens is 2. The molecule has 0 bridgehead atoms. The lowest BCUT2D eigenvalue weighted by Crippen LogP contribution is -2.38. The van der Waals surface area contributed by atoms with E-state index < -0.39 is 0 Å². The third-order valence-corrected chi connectivity index (χ3v) is 4.25. The number of carbonyl (C=O) groups excluding carboxylic acids is 2. The van der Waals surface area contributed by atoms with Crippen LogP contribution in [0.5, 0.6) is 0 Å². The van der Waals surface area contributed by atoms with Crippen molar-refractivity contribution in [2.45, 2.75) is 13.0 Å². The van der Waals surface area contributed by atoms with Crippen molar-refractivity contribution in [2.24, 2.45) is 0 Å². The highest BCUT2D eigenvalue weighted by molar-refractivity contribution is 7.08. The standard InChI is InChI=1S/C15H14Cl2N2O2S/c1-9(12-3-2-11(16)6-13(12)17)19-14(20)7-18-15(21)10-4-5-22-8-10/h2-6,8-9H,7H2,1H3,(H,18,21)(H,19,20). The van der Waals surface area contributed by atoms with E-state index >= 15 is 0 Å². The lowest BCUT2D eigenvalue weighted by molar-refractivity contribution is -0.120. The van der Waals surface area contributed by atoms with Crippen LogP contribution in [0.4, 0.5) is 0 Å². The van der Waals surface area contributed by atoms with E-state index in [4.69, 9.17) is 23.2 Å². The molecule has 0 saturated carbocycles. The fourth-order valence-corrected chi connectivity index (χ4v) is 3.09. The quantitative estimate of drug-likeness (QED) is 0.858. The molecule has 1 unspecified atom stereocenters. The van der Waals surface area contributed by atoms with Gasteiger partial charge in [-0.15, -0.1) is 0 Å². The summed E-state index contributed by atoms with van der Waals surface area (Å²) in [5, 5.41) is 9.90. The van der Waals surface area contributed by atoms with E-state index in [-0.39, 0.29) is 24.4 Å². The van der Waals surface area contributed by atoms with Gasteiger partial charge in [0.25, 0.3) is 5.91 Å². The van der Waals surface area contributed by atoms with E-state index in [0.717, 1.165) is 5.56 Å². The topological polar surface area (TPSA) is 58.2 Å². The predicted molar refractivity (Wildman–Crippen MR) is 89.7 cm³/mol. The van der Waals surface area contributed by atoms with Gasteiger partial charge in [-0.2, -0.15) is 11.3 Å². The van der Waals surface area contributed by atoms with Crippen LogP contribution in [0.15, 0.2) is 35.0 Å².